The van der Waals surface area contributed by atoms with Crippen LogP contribution in [0.2, 0.25) is 0 Å². The summed E-state index contributed by atoms with van der Waals surface area (Å²) < 4.78 is 6.96. The highest BCUT2D eigenvalue weighted by Crippen LogP contribution is 2.53. The first-order valence-electron chi connectivity index (χ1n) is 22.6. The van der Waals surface area contributed by atoms with Gasteiger partial charge in [-0.05, 0) is 114 Å². The lowest BCUT2D eigenvalue weighted by molar-refractivity contribution is 0.660. The Morgan fingerprint density at radius 3 is 1.65 bits per heavy atom. The minimum absolute atomic E-state index is 0.141. The molecule has 0 N–H and O–H groups in total. The second-order valence-electron chi connectivity index (χ2n) is 18.0. The van der Waals surface area contributed by atoms with Gasteiger partial charge in [-0.3, -0.25) is 0 Å². The zero-order chi connectivity index (χ0) is 43.2. The second-order valence-corrected chi connectivity index (χ2v) is 18.0. The molecular formula is C63H43NO. The van der Waals surface area contributed by atoms with Gasteiger partial charge in [-0.1, -0.05) is 196 Å². The Morgan fingerprint density at radius 1 is 0.354 bits per heavy atom. The number of rotatable bonds is 6. The predicted octanol–water partition coefficient (Wildman–Crippen LogP) is 17.8. The van der Waals surface area contributed by atoms with Crippen LogP contribution in [0, 0.1) is 0 Å². The topological polar surface area (TPSA) is 16.4 Å². The maximum Gasteiger partial charge on any atom is 0.143 e. The van der Waals surface area contributed by atoms with Gasteiger partial charge in [0.05, 0.1) is 5.69 Å². The van der Waals surface area contributed by atoms with Crippen LogP contribution in [0.25, 0.3) is 98.8 Å². The van der Waals surface area contributed by atoms with Crippen molar-refractivity contribution >= 4 is 71.3 Å². The number of hydrogen-bond acceptors (Lipinski definition) is 2. The molecule has 1 aromatic heterocycles. The van der Waals surface area contributed by atoms with Crippen molar-refractivity contribution in [2.75, 3.05) is 4.90 Å². The molecule has 1 aliphatic carbocycles. The zero-order valence-electron chi connectivity index (χ0n) is 36.2. The van der Waals surface area contributed by atoms with E-state index in [1.165, 1.54) is 77.0 Å². The Hall–Kier alpha value is -8.20. The predicted molar refractivity (Wildman–Crippen MR) is 275 cm³/mol. The van der Waals surface area contributed by atoms with Gasteiger partial charge in [0.2, 0.25) is 0 Å². The molecule has 1 heterocycles. The van der Waals surface area contributed by atoms with Gasteiger partial charge in [-0.15, -0.1) is 0 Å². The van der Waals surface area contributed by atoms with Gasteiger partial charge >= 0.3 is 0 Å². The van der Waals surface area contributed by atoms with Crippen molar-refractivity contribution in [3.8, 4) is 44.5 Å². The number of hydrogen-bond donors (Lipinski definition) is 0. The van der Waals surface area contributed by atoms with Crippen LogP contribution < -0.4 is 4.90 Å². The van der Waals surface area contributed by atoms with Crippen LogP contribution in [-0.2, 0) is 5.41 Å². The van der Waals surface area contributed by atoms with Crippen LogP contribution in [0.3, 0.4) is 0 Å². The minimum atomic E-state index is -0.141. The van der Waals surface area contributed by atoms with Gasteiger partial charge in [0.25, 0.3) is 0 Å². The van der Waals surface area contributed by atoms with Crippen molar-refractivity contribution in [3.05, 3.63) is 236 Å². The minimum Gasteiger partial charge on any atom is -0.455 e. The highest BCUT2D eigenvalue weighted by atomic mass is 16.3. The van der Waals surface area contributed by atoms with Crippen LogP contribution in [0.5, 0.6) is 0 Å². The number of fused-ring (bicyclic) bond motifs is 12. The molecule has 2 nitrogen and oxygen atoms in total. The summed E-state index contributed by atoms with van der Waals surface area (Å²) >= 11 is 0. The van der Waals surface area contributed by atoms with Gasteiger partial charge < -0.3 is 9.32 Å². The van der Waals surface area contributed by atoms with Crippen LogP contribution in [0.4, 0.5) is 17.1 Å². The van der Waals surface area contributed by atoms with E-state index in [-0.39, 0.29) is 5.41 Å². The number of furan rings is 1. The average molecular weight is 830 g/mol. The summed E-state index contributed by atoms with van der Waals surface area (Å²) in [4.78, 5) is 2.46. The molecule has 0 saturated carbocycles. The summed E-state index contributed by atoms with van der Waals surface area (Å²) in [5.41, 5.74) is 17.5. The van der Waals surface area contributed by atoms with Crippen LogP contribution in [0.15, 0.2) is 229 Å². The molecule has 0 atom stereocenters. The van der Waals surface area contributed by atoms with E-state index in [9.17, 15) is 0 Å². The van der Waals surface area contributed by atoms with Crippen LogP contribution in [-0.4, -0.2) is 0 Å². The molecule has 0 unspecified atom stereocenters. The first-order valence-corrected chi connectivity index (χ1v) is 22.6. The van der Waals surface area contributed by atoms with Gasteiger partial charge in [0.1, 0.15) is 11.2 Å². The normalized spacial score (nSPS) is 12.9. The zero-order valence-corrected chi connectivity index (χ0v) is 36.2. The fraction of sp³-hybridized carbons (Fsp3) is 0.0476. The first kappa shape index (κ1) is 37.4. The third kappa shape index (κ3) is 5.67. The van der Waals surface area contributed by atoms with E-state index in [0.29, 0.717) is 0 Å². The summed E-state index contributed by atoms with van der Waals surface area (Å²) in [6.45, 7) is 4.72. The van der Waals surface area contributed by atoms with Gasteiger partial charge in [0.15, 0.2) is 0 Å². The largest absolute Gasteiger partial charge is 0.455 e. The van der Waals surface area contributed by atoms with Crippen molar-refractivity contribution in [1.82, 2.24) is 0 Å². The molecule has 0 aliphatic heterocycles. The molecule has 0 radical (unpaired) electrons. The summed E-state index contributed by atoms with van der Waals surface area (Å²) in [6.07, 6.45) is 0. The summed E-state index contributed by atoms with van der Waals surface area (Å²) in [5, 5.41) is 9.41. The molecular weight excluding hydrogens is 787 g/mol. The van der Waals surface area contributed by atoms with Gasteiger partial charge in [-0.25, -0.2) is 0 Å². The average Bonchev–Trinajstić information content (AvgIpc) is 3.87. The molecule has 11 aromatic carbocycles. The third-order valence-electron chi connectivity index (χ3n) is 14.1. The number of benzene rings is 11. The first-order chi connectivity index (χ1) is 32.0. The lowest BCUT2D eigenvalue weighted by Gasteiger charge is -2.29. The molecule has 13 rings (SSSR count). The van der Waals surface area contributed by atoms with Gasteiger partial charge in [-0.2, -0.15) is 0 Å². The van der Waals surface area contributed by atoms with E-state index < -0.39 is 0 Å². The van der Waals surface area contributed by atoms with Crippen molar-refractivity contribution in [2.45, 2.75) is 19.3 Å². The molecule has 12 aromatic rings. The Balaban J connectivity index is 1.06. The second kappa shape index (κ2) is 14.4. The maximum absolute atomic E-state index is 6.96. The third-order valence-corrected chi connectivity index (χ3v) is 14.1. The van der Waals surface area contributed by atoms with E-state index in [4.69, 9.17) is 4.42 Å². The van der Waals surface area contributed by atoms with E-state index in [1.807, 2.05) is 0 Å². The number of anilines is 3. The molecule has 65 heavy (non-hydrogen) atoms. The molecule has 0 amide bonds. The molecule has 0 spiro atoms. The standard InChI is InChI=1S/C63H43NO/c1-63(2)55-28-16-15-24-49(55)50-34-33-44(39-56(50)63)64(43-31-29-41(30-32-43)40-17-5-3-6-18-40)57-37-35-48(45-21-9-12-25-51(45)57)53-36-38-58-61(59(53)42-19-7-4-8-20-42)60-52-26-13-10-22-46(52)47-23-11-14-27-54(47)62(60)65-58/h3-39H,1-2H3. The molecule has 2 heteroatoms. The fourth-order valence-electron chi connectivity index (χ4n) is 11.0. The van der Waals surface area contributed by atoms with Crippen LogP contribution >= 0.6 is 0 Å². The lowest BCUT2D eigenvalue weighted by Crippen LogP contribution is -2.16. The molecule has 1 aliphatic rings. The Morgan fingerprint density at radius 2 is 0.892 bits per heavy atom. The van der Waals surface area contributed by atoms with Crippen molar-refractivity contribution < 1.29 is 4.42 Å². The van der Waals surface area contributed by atoms with E-state index >= 15 is 0 Å². The Labute approximate surface area is 378 Å². The van der Waals surface area contributed by atoms with E-state index in [1.54, 1.807) is 0 Å². The summed E-state index contributed by atoms with van der Waals surface area (Å²) in [7, 11) is 0. The fourth-order valence-corrected chi connectivity index (χ4v) is 11.0. The lowest BCUT2D eigenvalue weighted by atomic mass is 9.82. The Kier molecular flexibility index (Phi) is 8.29. The highest BCUT2D eigenvalue weighted by molar-refractivity contribution is 6.33. The Bertz CT molecular complexity index is 3840. The van der Waals surface area contributed by atoms with Crippen molar-refractivity contribution in [1.29, 1.82) is 0 Å². The quantitative estimate of drug-likeness (QED) is 0.155. The molecule has 0 saturated heterocycles. The molecule has 306 valence electrons. The SMILES string of the molecule is CC1(C)c2ccccc2-c2ccc(N(c3ccc(-c4ccccc4)cc3)c3ccc(-c4ccc5oc6c7ccccc7c7ccccc7c6c5c4-c4ccccc4)c4ccccc34)cc21. The highest BCUT2D eigenvalue weighted by Gasteiger charge is 2.36. The molecule has 0 fully saturated rings. The summed E-state index contributed by atoms with van der Waals surface area (Å²) in [5.74, 6) is 0. The van der Waals surface area contributed by atoms with Crippen molar-refractivity contribution in [3.63, 3.8) is 0 Å². The molecule has 0 bridgehead atoms. The smallest absolute Gasteiger partial charge is 0.143 e. The van der Waals surface area contributed by atoms with E-state index in [2.05, 4.69) is 243 Å². The number of nitrogens with zero attached hydrogens (tertiary/aromatic N) is 1. The summed E-state index contributed by atoms with van der Waals surface area (Å²) in [6, 6.07) is 82.1. The maximum atomic E-state index is 6.96. The van der Waals surface area contributed by atoms with Gasteiger partial charge in [0, 0.05) is 43.9 Å². The monoisotopic (exact) mass is 829 g/mol. The van der Waals surface area contributed by atoms with Crippen molar-refractivity contribution in [2.24, 2.45) is 0 Å². The van der Waals surface area contributed by atoms with E-state index in [0.717, 1.165) is 50.0 Å². The van der Waals surface area contributed by atoms with Crippen LogP contribution in [0.1, 0.15) is 25.0 Å².